The van der Waals surface area contributed by atoms with E-state index in [1.807, 2.05) is 0 Å². The monoisotopic (exact) mass is 505 g/mol. The van der Waals surface area contributed by atoms with Gasteiger partial charge in [-0.2, -0.15) is 10.1 Å². The van der Waals surface area contributed by atoms with Gasteiger partial charge in [0.1, 0.15) is 24.5 Å². The Morgan fingerprint density at radius 1 is 1.30 bits per heavy atom. The molecule has 0 saturated carbocycles. The van der Waals surface area contributed by atoms with Crippen LogP contribution in [0.2, 0.25) is 5.28 Å². The summed E-state index contributed by atoms with van der Waals surface area (Å²) in [7, 11) is -3.69. The topological polar surface area (TPSA) is 136 Å². The normalized spacial score (nSPS) is 27.8. The number of fused-ring (bicyclic) bond motifs is 2. The number of rotatable bonds is 10. The molecule has 0 unspecified atom stereocenters. The first-order valence-corrected chi connectivity index (χ1v) is 12.6. The van der Waals surface area contributed by atoms with Crippen LogP contribution in [0.15, 0.2) is 6.20 Å². The van der Waals surface area contributed by atoms with Crippen molar-refractivity contribution in [3.63, 3.8) is 0 Å². The first-order chi connectivity index (χ1) is 15.7. The highest BCUT2D eigenvalue weighted by atomic mass is 35.5. The summed E-state index contributed by atoms with van der Waals surface area (Å²) in [4.78, 5) is 8.08. The van der Waals surface area contributed by atoms with E-state index in [4.69, 9.17) is 39.6 Å². The second-order valence-electron chi connectivity index (χ2n) is 7.91. The summed E-state index contributed by atoms with van der Waals surface area (Å²) in [6.07, 6.45) is 1.92. The number of hydrogen-bond donors (Lipinski definition) is 1. The van der Waals surface area contributed by atoms with E-state index in [0.717, 1.165) is 0 Å². The van der Waals surface area contributed by atoms with Crippen molar-refractivity contribution >= 4 is 30.2 Å². The fraction of sp³-hybridized carbons (Fsp3) is 0.737. The van der Waals surface area contributed by atoms with Crippen LogP contribution in [0, 0.1) is 6.20 Å². The Kier molecular flexibility index (Phi) is 7.40. The Hall–Kier alpha value is -1.21. The molecule has 0 aromatic carbocycles. The highest BCUT2D eigenvalue weighted by Crippen LogP contribution is 2.53. The average molecular weight is 506 g/mol. The van der Waals surface area contributed by atoms with Gasteiger partial charge < -0.3 is 33.1 Å². The summed E-state index contributed by atoms with van der Waals surface area (Å²) in [5, 5.41) is 14.8. The predicted molar refractivity (Wildman–Crippen MR) is 115 cm³/mol. The first kappa shape index (κ1) is 24.9. The zero-order valence-corrected chi connectivity index (χ0v) is 20.4. The second kappa shape index (κ2) is 9.80. The lowest BCUT2D eigenvalue weighted by molar-refractivity contribution is -0.204. The molecule has 0 bridgehead atoms. The minimum atomic E-state index is -3.69. The molecule has 2 aliphatic heterocycles. The maximum Gasteiger partial charge on any atom is 0.361 e. The van der Waals surface area contributed by atoms with Gasteiger partial charge in [0.05, 0.1) is 38.0 Å². The predicted octanol–water partition coefficient (Wildman–Crippen LogP) is 2.30. The lowest BCUT2D eigenvalue weighted by Gasteiger charge is -2.27. The van der Waals surface area contributed by atoms with Crippen LogP contribution in [0.5, 0.6) is 0 Å². The molecular weight excluding hydrogens is 479 g/mol. The van der Waals surface area contributed by atoms with E-state index in [-0.39, 0.29) is 25.1 Å². The third-order valence-corrected chi connectivity index (χ3v) is 7.61. The van der Waals surface area contributed by atoms with E-state index < -0.39 is 50.4 Å². The number of halogens is 1. The van der Waals surface area contributed by atoms with Gasteiger partial charge in [0.25, 0.3) is 0 Å². The van der Waals surface area contributed by atoms with E-state index in [1.165, 1.54) is 4.68 Å². The summed E-state index contributed by atoms with van der Waals surface area (Å²) < 4.78 is 49.3. The van der Waals surface area contributed by atoms with Crippen LogP contribution in [0.1, 0.15) is 33.9 Å². The molecule has 2 fully saturated rings. The van der Waals surface area contributed by atoms with Crippen molar-refractivity contribution in [3.8, 4) is 0 Å². The molecule has 0 spiro atoms. The summed E-state index contributed by atoms with van der Waals surface area (Å²) in [5.74, 6) is -2.06. The van der Waals surface area contributed by atoms with Crippen molar-refractivity contribution in [1.29, 1.82) is 0 Å². The minimum absolute atomic E-state index is 0.0241. The molecule has 4 heterocycles. The van der Waals surface area contributed by atoms with Crippen molar-refractivity contribution in [1.82, 2.24) is 19.7 Å². The molecule has 1 N–H and O–H groups in total. The van der Waals surface area contributed by atoms with Crippen LogP contribution < -0.4 is 0 Å². The molecule has 1 radical (unpaired) electrons. The van der Waals surface area contributed by atoms with Gasteiger partial charge >= 0.3 is 7.60 Å². The van der Waals surface area contributed by atoms with Crippen molar-refractivity contribution in [2.45, 2.75) is 63.9 Å². The molecule has 5 atom stereocenters. The quantitative estimate of drug-likeness (QED) is 0.376. The molecule has 0 aliphatic carbocycles. The number of aliphatic hydroxyl groups is 1. The van der Waals surface area contributed by atoms with Gasteiger partial charge in [-0.25, -0.2) is 9.67 Å². The Morgan fingerprint density at radius 3 is 2.67 bits per heavy atom. The van der Waals surface area contributed by atoms with Crippen molar-refractivity contribution < 1.29 is 37.7 Å². The minimum Gasteiger partial charge on any atom is -0.393 e. The summed E-state index contributed by atoms with van der Waals surface area (Å²) >= 11 is 5.95. The molecule has 2 aromatic heterocycles. The average Bonchev–Trinajstić information content (AvgIpc) is 3.39. The molecule has 4 rings (SSSR count). The maximum absolute atomic E-state index is 13.0. The summed E-state index contributed by atoms with van der Waals surface area (Å²) in [6, 6.07) is 0. The van der Waals surface area contributed by atoms with Crippen molar-refractivity contribution in [3.05, 3.63) is 17.7 Å². The zero-order chi connectivity index (χ0) is 23.8. The van der Waals surface area contributed by atoms with E-state index in [2.05, 4.69) is 21.3 Å². The number of hydrogen-bond acceptors (Lipinski definition) is 11. The van der Waals surface area contributed by atoms with Gasteiger partial charge in [0, 0.05) is 0 Å². The van der Waals surface area contributed by atoms with E-state index in [1.54, 1.807) is 33.9 Å². The van der Waals surface area contributed by atoms with E-state index in [9.17, 15) is 9.67 Å². The van der Waals surface area contributed by atoms with Crippen LogP contribution in [0.3, 0.4) is 0 Å². The number of nitrogens with zero attached hydrogens (tertiary/aromatic N) is 4. The lowest BCUT2D eigenvalue weighted by atomic mass is 10.1. The third-order valence-electron chi connectivity index (χ3n) is 5.18. The number of ether oxygens (including phenoxy) is 4. The summed E-state index contributed by atoms with van der Waals surface area (Å²) in [6.45, 7) is 6.62. The highest BCUT2D eigenvalue weighted by molar-refractivity contribution is 7.54. The smallest absolute Gasteiger partial charge is 0.361 e. The molecule has 12 nitrogen and oxygen atoms in total. The lowest BCUT2D eigenvalue weighted by Crippen LogP contribution is -2.35. The van der Waals surface area contributed by atoms with Crippen LogP contribution in [-0.4, -0.2) is 81.2 Å². The standard InChI is InChI=1S/C19H27ClN4O8P/c1-5-28-33(26,29-6-2)13(9-25)27-10-12-14-15(32-19(3,4)31-14)17(30-12)24-16-11(8-22-24)7-21-18(20)23-16/h8,12-15,17,25H,5-6,9-10H2,1-4H3/t12-,13+,14-,15-,17-/m1/s1. The van der Waals surface area contributed by atoms with Crippen molar-refractivity contribution in [2.24, 2.45) is 0 Å². The van der Waals surface area contributed by atoms with Gasteiger partial charge in [0.15, 0.2) is 23.5 Å². The highest BCUT2D eigenvalue weighted by Gasteiger charge is 2.57. The molecular formula is C19H27ClN4O8P. The number of aromatic nitrogens is 4. The molecule has 33 heavy (non-hydrogen) atoms. The molecule has 0 amide bonds. The molecule has 2 saturated heterocycles. The van der Waals surface area contributed by atoms with Crippen LogP contribution in [0.25, 0.3) is 11.0 Å². The maximum atomic E-state index is 13.0. The van der Waals surface area contributed by atoms with Gasteiger partial charge in [0.2, 0.25) is 5.28 Å². The molecule has 2 aliphatic rings. The Bertz CT molecular complexity index is 1010. The largest absolute Gasteiger partial charge is 0.393 e. The second-order valence-corrected chi connectivity index (χ2v) is 10.4. The third kappa shape index (κ3) is 4.95. The SMILES string of the molecule is CCOP(=O)(OCC)[C@@H](CO)OC[C@H]1O[C@@H](n2ncc3[c]nc(Cl)nc32)[C@@H]2OC(C)(C)O[C@@H]21. The molecule has 2 aromatic rings. The fourth-order valence-corrected chi connectivity index (χ4v) is 5.67. The van der Waals surface area contributed by atoms with Gasteiger partial charge in [-0.15, -0.1) is 0 Å². The zero-order valence-electron chi connectivity index (χ0n) is 18.7. The Morgan fingerprint density at radius 2 is 2.00 bits per heavy atom. The van der Waals surface area contributed by atoms with E-state index in [0.29, 0.717) is 11.0 Å². The van der Waals surface area contributed by atoms with Crippen LogP contribution >= 0.6 is 19.2 Å². The molecule has 183 valence electrons. The van der Waals surface area contributed by atoms with E-state index >= 15 is 0 Å². The van der Waals surface area contributed by atoms with Crippen LogP contribution in [-0.2, 0) is 32.6 Å². The van der Waals surface area contributed by atoms with Gasteiger partial charge in [-0.3, -0.25) is 4.57 Å². The van der Waals surface area contributed by atoms with Crippen molar-refractivity contribution in [2.75, 3.05) is 26.4 Å². The fourth-order valence-electron chi connectivity index (χ4n) is 3.95. The first-order valence-electron chi connectivity index (χ1n) is 10.6. The van der Waals surface area contributed by atoms with Gasteiger partial charge in [-0.1, -0.05) is 0 Å². The molecule has 14 heteroatoms. The van der Waals surface area contributed by atoms with Crippen LogP contribution in [0.4, 0.5) is 0 Å². The Labute approximate surface area is 195 Å². The number of aliphatic hydroxyl groups excluding tert-OH is 1. The Balaban J connectivity index is 1.56. The van der Waals surface area contributed by atoms with Gasteiger partial charge in [-0.05, 0) is 39.3 Å². The summed E-state index contributed by atoms with van der Waals surface area (Å²) in [5.41, 5.74) is 0.430.